The van der Waals surface area contributed by atoms with E-state index in [0.29, 0.717) is 11.6 Å². The number of nitrogens with one attached hydrogen (secondary N) is 2. The minimum absolute atomic E-state index is 0.262. The third-order valence-electron chi connectivity index (χ3n) is 2.32. The van der Waals surface area contributed by atoms with Crippen molar-refractivity contribution in [2.75, 3.05) is 17.2 Å². The molecular formula is C11H14N6O. The summed E-state index contributed by atoms with van der Waals surface area (Å²) in [5.74, 6) is 0.946. The number of hydrogen-bond donors (Lipinski definition) is 2. The second-order valence-electron chi connectivity index (χ2n) is 3.63. The number of nitrogens with zero attached hydrogens (tertiary/aromatic N) is 4. The third kappa shape index (κ3) is 2.62. The highest BCUT2D eigenvalue weighted by atomic mass is 16.2. The minimum Gasteiger partial charge on any atom is -0.369 e. The third-order valence-corrected chi connectivity index (χ3v) is 2.32. The SMILES string of the molecule is CCNc1ccc(C(=O)Nc2ccnn2C)nn1. The van der Waals surface area contributed by atoms with Crippen molar-refractivity contribution >= 4 is 17.5 Å². The first-order valence-corrected chi connectivity index (χ1v) is 5.57. The Bertz CT molecular complexity index is 533. The molecule has 0 bridgehead atoms. The molecule has 0 saturated heterocycles. The van der Waals surface area contributed by atoms with Crippen molar-refractivity contribution in [3.63, 3.8) is 0 Å². The zero-order valence-corrected chi connectivity index (χ0v) is 10.2. The molecule has 1 amide bonds. The summed E-state index contributed by atoms with van der Waals surface area (Å²) in [5.41, 5.74) is 0.262. The van der Waals surface area contributed by atoms with Crippen LogP contribution < -0.4 is 10.6 Å². The molecule has 7 nitrogen and oxygen atoms in total. The molecule has 0 aromatic carbocycles. The van der Waals surface area contributed by atoms with Gasteiger partial charge in [0.2, 0.25) is 0 Å². The molecular weight excluding hydrogens is 232 g/mol. The molecule has 0 aliphatic heterocycles. The molecule has 7 heteroatoms. The molecule has 0 saturated carbocycles. The van der Waals surface area contributed by atoms with Crippen LogP contribution in [0.3, 0.4) is 0 Å². The fourth-order valence-corrected chi connectivity index (χ4v) is 1.41. The Hall–Kier alpha value is -2.44. The van der Waals surface area contributed by atoms with Crippen LogP contribution in [0.5, 0.6) is 0 Å². The lowest BCUT2D eigenvalue weighted by Gasteiger charge is -2.05. The van der Waals surface area contributed by atoms with Crippen molar-refractivity contribution in [3.8, 4) is 0 Å². The summed E-state index contributed by atoms with van der Waals surface area (Å²) in [6.07, 6.45) is 1.61. The van der Waals surface area contributed by atoms with Crippen LogP contribution in [0.4, 0.5) is 11.6 Å². The van der Waals surface area contributed by atoms with Gasteiger partial charge >= 0.3 is 0 Å². The van der Waals surface area contributed by atoms with E-state index < -0.39 is 0 Å². The van der Waals surface area contributed by atoms with Crippen molar-refractivity contribution in [3.05, 3.63) is 30.1 Å². The predicted molar refractivity (Wildman–Crippen MR) is 67.4 cm³/mol. The number of rotatable bonds is 4. The Morgan fingerprint density at radius 3 is 2.72 bits per heavy atom. The maximum absolute atomic E-state index is 11.9. The summed E-state index contributed by atoms with van der Waals surface area (Å²) < 4.78 is 1.57. The van der Waals surface area contributed by atoms with Gasteiger partial charge in [0.05, 0.1) is 6.20 Å². The van der Waals surface area contributed by atoms with E-state index in [9.17, 15) is 4.79 Å². The van der Waals surface area contributed by atoms with Crippen LogP contribution in [-0.4, -0.2) is 32.4 Å². The van der Waals surface area contributed by atoms with E-state index in [4.69, 9.17) is 0 Å². The van der Waals surface area contributed by atoms with Crippen LogP contribution in [0.15, 0.2) is 24.4 Å². The molecule has 0 aliphatic carbocycles. The second-order valence-corrected chi connectivity index (χ2v) is 3.63. The van der Waals surface area contributed by atoms with Crippen molar-refractivity contribution < 1.29 is 4.79 Å². The number of hydrogen-bond acceptors (Lipinski definition) is 5. The highest BCUT2D eigenvalue weighted by Gasteiger charge is 2.10. The van der Waals surface area contributed by atoms with E-state index in [1.165, 1.54) is 0 Å². The number of anilines is 2. The summed E-state index contributed by atoms with van der Waals surface area (Å²) in [7, 11) is 1.75. The van der Waals surface area contributed by atoms with Gasteiger partial charge in [-0.15, -0.1) is 10.2 Å². The van der Waals surface area contributed by atoms with Crippen LogP contribution in [0.25, 0.3) is 0 Å². The first-order valence-electron chi connectivity index (χ1n) is 5.57. The number of carbonyl (C=O) groups is 1. The molecule has 2 N–H and O–H groups in total. The lowest BCUT2D eigenvalue weighted by Crippen LogP contribution is -2.16. The first kappa shape index (κ1) is 12.0. The molecule has 0 atom stereocenters. The van der Waals surface area contributed by atoms with Gasteiger partial charge in [-0.25, -0.2) is 0 Å². The monoisotopic (exact) mass is 246 g/mol. The zero-order valence-electron chi connectivity index (χ0n) is 10.2. The molecule has 0 spiro atoms. The van der Waals surface area contributed by atoms with E-state index in [1.54, 1.807) is 36.1 Å². The van der Waals surface area contributed by atoms with E-state index in [1.807, 2.05) is 6.92 Å². The molecule has 2 aromatic heterocycles. The molecule has 2 rings (SSSR count). The van der Waals surface area contributed by atoms with Gasteiger partial charge in [0.1, 0.15) is 11.6 Å². The van der Waals surface area contributed by atoms with Crippen LogP contribution in [-0.2, 0) is 7.05 Å². The van der Waals surface area contributed by atoms with Crippen molar-refractivity contribution in [1.82, 2.24) is 20.0 Å². The summed E-state index contributed by atoms with van der Waals surface area (Å²) in [5, 5.41) is 17.4. The molecule has 2 heterocycles. The van der Waals surface area contributed by atoms with Crippen molar-refractivity contribution in [2.24, 2.45) is 7.05 Å². The number of aromatic nitrogens is 4. The van der Waals surface area contributed by atoms with Crippen LogP contribution >= 0.6 is 0 Å². The van der Waals surface area contributed by atoms with E-state index in [0.717, 1.165) is 6.54 Å². The van der Waals surface area contributed by atoms with Gasteiger partial charge in [-0.05, 0) is 19.1 Å². The van der Waals surface area contributed by atoms with Gasteiger partial charge in [-0.3, -0.25) is 9.48 Å². The minimum atomic E-state index is -0.311. The van der Waals surface area contributed by atoms with Gasteiger partial charge in [-0.1, -0.05) is 0 Å². The first-order chi connectivity index (χ1) is 8.70. The van der Waals surface area contributed by atoms with E-state index in [2.05, 4.69) is 25.9 Å². The lowest BCUT2D eigenvalue weighted by atomic mass is 10.3. The van der Waals surface area contributed by atoms with Gasteiger partial charge < -0.3 is 10.6 Å². The van der Waals surface area contributed by atoms with Crippen molar-refractivity contribution in [2.45, 2.75) is 6.92 Å². The fourth-order valence-electron chi connectivity index (χ4n) is 1.41. The Labute approximate surface area is 104 Å². The lowest BCUT2D eigenvalue weighted by molar-refractivity contribution is 0.102. The van der Waals surface area contributed by atoms with Crippen molar-refractivity contribution in [1.29, 1.82) is 0 Å². The molecule has 0 fully saturated rings. The largest absolute Gasteiger partial charge is 0.369 e. The van der Waals surface area contributed by atoms with Gasteiger partial charge in [0, 0.05) is 19.7 Å². The highest BCUT2D eigenvalue weighted by molar-refractivity contribution is 6.02. The smallest absolute Gasteiger partial charge is 0.277 e. The summed E-state index contributed by atoms with van der Waals surface area (Å²) in [6, 6.07) is 5.05. The molecule has 2 aromatic rings. The second kappa shape index (κ2) is 5.26. The number of aryl methyl sites for hydroxylation is 1. The van der Waals surface area contributed by atoms with Gasteiger partial charge in [-0.2, -0.15) is 5.10 Å². The van der Waals surface area contributed by atoms with E-state index in [-0.39, 0.29) is 11.6 Å². The average Bonchev–Trinajstić information content (AvgIpc) is 2.76. The van der Waals surface area contributed by atoms with Gasteiger partial charge in [0.25, 0.3) is 5.91 Å². The summed E-state index contributed by atoms with van der Waals surface area (Å²) in [6.45, 7) is 2.72. The maximum Gasteiger partial charge on any atom is 0.277 e. The molecule has 0 unspecified atom stereocenters. The Morgan fingerprint density at radius 1 is 1.33 bits per heavy atom. The normalized spacial score (nSPS) is 10.1. The molecule has 94 valence electrons. The quantitative estimate of drug-likeness (QED) is 0.837. The Balaban J connectivity index is 2.07. The number of amides is 1. The number of carbonyl (C=O) groups excluding carboxylic acids is 1. The highest BCUT2D eigenvalue weighted by Crippen LogP contribution is 2.07. The van der Waals surface area contributed by atoms with Crippen LogP contribution in [0.1, 0.15) is 17.4 Å². The molecule has 0 radical (unpaired) electrons. The Morgan fingerprint density at radius 2 is 2.17 bits per heavy atom. The standard InChI is InChI=1S/C11H14N6O/c1-3-12-9-5-4-8(15-16-9)11(18)14-10-6-7-13-17(10)2/h4-7H,3H2,1-2H3,(H,12,16)(H,14,18). The zero-order chi connectivity index (χ0) is 13.0. The molecule has 18 heavy (non-hydrogen) atoms. The molecule has 0 aliphatic rings. The fraction of sp³-hybridized carbons (Fsp3) is 0.273. The maximum atomic E-state index is 11.9. The van der Waals surface area contributed by atoms with E-state index >= 15 is 0 Å². The van der Waals surface area contributed by atoms with Crippen LogP contribution in [0.2, 0.25) is 0 Å². The summed E-state index contributed by atoms with van der Waals surface area (Å²) >= 11 is 0. The van der Waals surface area contributed by atoms with Gasteiger partial charge in [0.15, 0.2) is 5.69 Å². The predicted octanol–water partition coefficient (Wildman–Crippen LogP) is 0.894. The van der Waals surface area contributed by atoms with Crippen LogP contribution in [0, 0.1) is 0 Å². The average molecular weight is 246 g/mol. The Kier molecular flexibility index (Phi) is 3.52. The topological polar surface area (TPSA) is 84.7 Å². The summed E-state index contributed by atoms with van der Waals surface area (Å²) in [4.78, 5) is 11.9.